The molecule has 1 saturated heterocycles. The molecule has 1 aliphatic heterocycles. The molecule has 2 unspecified atom stereocenters. The maximum Gasteiger partial charge on any atom is 0.194 e. The van der Waals surface area contributed by atoms with Gasteiger partial charge in [-0.15, -0.1) is 0 Å². The fraction of sp³-hybridized carbons (Fsp3) is 0.500. The van der Waals surface area contributed by atoms with Crippen LogP contribution >= 0.6 is 0 Å². The van der Waals surface area contributed by atoms with Gasteiger partial charge in [-0.05, 0) is 29.3 Å². The van der Waals surface area contributed by atoms with Gasteiger partial charge in [0.25, 0.3) is 0 Å². The molecule has 15 heteroatoms. The van der Waals surface area contributed by atoms with Gasteiger partial charge in [0.15, 0.2) is 11.3 Å². The van der Waals surface area contributed by atoms with E-state index in [2.05, 4.69) is 4.98 Å². The van der Waals surface area contributed by atoms with Gasteiger partial charge in [0.05, 0.1) is 35.5 Å². The van der Waals surface area contributed by atoms with Crippen LogP contribution in [0.1, 0.15) is 23.7 Å². The number of hydrogen-bond donors (Lipinski definition) is 3. The number of rotatable bonds is 10. The number of ether oxygens (including phenoxy) is 4. The summed E-state index contributed by atoms with van der Waals surface area (Å²) in [7, 11) is 40.9. The molecule has 8 nitrogen and oxygen atoms in total. The molecule has 14 radical (unpaired) electrons. The highest BCUT2D eigenvalue weighted by molar-refractivity contribution is 6.53. The second-order valence-corrected chi connectivity index (χ2v) is 8.96. The zero-order valence-corrected chi connectivity index (χ0v) is 20.5. The summed E-state index contributed by atoms with van der Waals surface area (Å²) in [6.45, 7) is 3.09. The second-order valence-electron chi connectivity index (χ2n) is 8.96. The van der Waals surface area contributed by atoms with Gasteiger partial charge >= 0.3 is 0 Å². The van der Waals surface area contributed by atoms with Crippen LogP contribution in [0.4, 0.5) is 0 Å². The third-order valence-electron chi connectivity index (χ3n) is 6.02. The van der Waals surface area contributed by atoms with Crippen LogP contribution < -0.4 is 14.9 Å². The molecule has 1 fully saturated rings. The molecule has 1 aliphatic rings. The zero-order valence-electron chi connectivity index (χ0n) is 20.5. The van der Waals surface area contributed by atoms with E-state index in [1.165, 1.54) is 30.3 Å². The highest BCUT2D eigenvalue weighted by atomic mass is 16.6. The average molecular weight is 488 g/mol. The Balaban J connectivity index is 1.90. The first-order valence-electron chi connectivity index (χ1n) is 11.5. The number of hydrogen-bond acceptors (Lipinski definition) is 7. The summed E-state index contributed by atoms with van der Waals surface area (Å²) in [6, 6.07) is 6.55. The summed E-state index contributed by atoms with van der Waals surface area (Å²) in [4.78, 5) is 15.7. The van der Waals surface area contributed by atoms with Crippen molar-refractivity contribution >= 4 is 54.9 Å². The SMILES string of the molecule is [B]C([B])(O)C([B])([B])Oc1ccc(C([B])(O)C([B])([B])c2[nH]c(OCC3COCCO3)cc(=O)c2CC)cc1. The van der Waals surface area contributed by atoms with Crippen LogP contribution in [-0.4, -0.2) is 113 Å². The van der Waals surface area contributed by atoms with Crippen molar-refractivity contribution in [3.8, 4) is 11.6 Å². The summed E-state index contributed by atoms with van der Waals surface area (Å²) in [5, 5.41) is 13.9. The molecule has 2 atom stereocenters. The number of pyridine rings is 1. The minimum Gasteiger partial charge on any atom is -0.506 e. The van der Waals surface area contributed by atoms with E-state index < -0.39 is 26.9 Å². The monoisotopic (exact) mass is 489 g/mol. The maximum absolute atomic E-state index is 12.8. The van der Waals surface area contributed by atoms with E-state index in [0.29, 0.717) is 19.8 Å². The quantitative estimate of drug-likeness (QED) is 0.320. The van der Waals surface area contributed by atoms with Gasteiger partial charge in [-0.3, -0.25) is 4.79 Å². The van der Waals surface area contributed by atoms with Crippen molar-refractivity contribution in [1.82, 2.24) is 4.98 Å². The molecule has 0 spiro atoms. The van der Waals surface area contributed by atoms with Gasteiger partial charge in [-0.2, -0.15) is 0 Å². The van der Waals surface area contributed by atoms with E-state index in [-0.39, 0.29) is 47.6 Å². The van der Waals surface area contributed by atoms with Crippen molar-refractivity contribution < 1.29 is 29.2 Å². The van der Waals surface area contributed by atoms with Crippen LogP contribution in [-0.2, 0) is 26.6 Å². The van der Waals surface area contributed by atoms with Crippen LogP contribution in [0.5, 0.6) is 11.6 Å². The summed E-state index contributed by atoms with van der Waals surface area (Å²) < 4.78 is 21.8. The summed E-state index contributed by atoms with van der Waals surface area (Å²) in [5.41, 5.74) is -2.60. The standard InChI is InChI=1S/C22H22B7NO7/c1-2-15-16(31)9-17(36-11-14-10-34-7-8-35-14)30-18(15)19(23,24)20(25,32)12-3-5-13(6-4-12)37-22(28,29)21(26,27)33/h3-6,9,14,32-33H,2,7-8,10-11H2,1H3,(H,30,31). The average Bonchev–Trinajstić information content (AvgIpc) is 2.82. The lowest BCUT2D eigenvalue weighted by molar-refractivity contribution is -0.102. The number of nitrogens with one attached hydrogen (secondary N) is 1. The Bertz CT molecular complexity index is 1130. The number of aliphatic hydroxyl groups is 2. The largest absolute Gasteiger partial charge is 0.506 e. The highest BCUT2D eigenvalue weighted by Crippen LogP contribution is 2.37. The van der Waals surface area contributed by atoms with Crippen molar-refractivity contribution in [2.24, 2.45) is 0 Å². The molecule has 3 N–H and O–H groups in total. The molecule has 0 bridgehead atoms. The molecule has 0 saturated carbocycles. The first-order chi connectivity index (χ1) is 17.1. The smallest absolute Gasteiger partial charge is 0.194 e. The Labute approximate surface area is 225 Å². The minimum absolute atomic E-state index is 0.0251. The second kappa shape index (κ2) is 11.0. The first-order valence-corrected chi connectivity index (χ1v) is 11.5. The third kappa shape index (κ3) is 6.38. The van der Waals surface area contributed by atoms with Gasteiger partial charge in [-0.1, -0.05) is 19.1 Å². The molecular formula is C22H22B7NO7. The Morgan fingerprint density at radius 1 is 1.05 bits per heavy atom. The van der Waals surface area contributed by atoms with Crippen LogP contribution in [0, 0.1) is 0 Å². The summed E-state index contributed by atoms with van der Waals surface area (Å²) >= 11 is 0. The number of aromatic amines is 1. The lowest BCUT2D eigenvalue weighted by atomic mass is 9.38. The van der Waals surface area contributed by atoms with Crippen LogP contribution in [0.25, 0.3) is 0 Å². The molecule has 0 amide bonds. The molecule has 2 heterocycles. The molecule has 2 aromatic rings. The maximum atomic E-state index is 12.8. The van der Waals surface area contributed by atoms with E-state index in [1.54, 1.807) is 6.92 Å². The van der Waals surface area contributed by atoms with Gasteiger partial charge in [0.2, 0.25) is 0 Å². The minimum atomic E-state index is -2.56. The molecule has 37 heavy (non-hydrogen) atoms. The predicted molar refractivity (Wildman–Crippen MR) is 143 cm³/mol. The Morgan fingerprint density at radius 3 is 2.24 bits per heavy atom. The van der Waals surface area contributed by atoms with Gasteiger partial charge in [-0.25, -0.2) is 0 Å². The Morgan fingerprint density at radius 2 is 1.70 bits per heavy atom. The topological polar surface area (TPSA) is 110 Å². The Hall–Kier alpha value is -1.94. The molecular weight excluding hydrogens is 466 g/mol. The van der Waals surface area contributed by atoms with E-state index >= 15 is 0 Å². The lowest BCUT2D eigenvalue weighted by Crippen LogP contribution is -2.60. The fourth-order valence-corrected chi connectivity index (χ4v) is 3.64. The number of aromatic nitrogens is 1. The first kappa shape index (κ1) is 29.6. The van der Waals surface area contributed by atoms with E-state index in [4.69, 9.17) is 73.9 Å². The lowest BCUT2D eigenvalue weighted by Gasteiger charge is -2.44. The number of benzene rings is 1. The summed E-state index contributed by atoms with van der Waals surface area (Å²) in [6.07, 6.45) is -0.0887. The normalized spacial score (nSPS) is 18.6. The van der Waals surface area contributed by atoms with Crippen LogP contribution in [0.2, 0.25) is 0 Å². The van der Waals surface area contributed by atoms with Crippen molar-refractivity contribution in [2.75, 3.05) is 26.4 Å². The zero-order chi connectivity index (χ0) is 27.6. The van der Waals surface area contributed by atoms with Crippen molar-refractivity contribution in [2.45, 2.75) is 41.0 Å². The third-order valence-corrected chi connectivity index (χ3v) is 6.02. The van der Waals surface area contributed by atoms with E-state index in [1.807, 2.05) is 0 Å². The van der Waals surface area contributed by atoms with Crippen LogP contribution in [0.15, 0.2) is 35.1 Å². The van der Waals surface area contributed by atoms with Gasteiger partial charge in [0.1, 0.15) is 57.7 Å². The van der Waals surface area contributed by atoms with Crippen molar-refractivity contribution in [1.29, 1.82) is 0 Å². The molecule has 1 aromatic heterocycles. The van der Waals surface area contributed by atoms with Crippen molar-refractivity contribution in [3.63, 3.8) is 0 Å². The van der Waals surface area contributed by atoms with E-state index in [0.717, 1.165) is 0 Å². The molecule has 178 valence electrons. The molecule has 0 aliphatic carbocycles. The van der Waals surface area contributed by atoms with Crippen molar-refractivity contribution in [3.05, 3.63) is 57.4 Å². The van der Waals surface area contributed by atoms with Gasteiger partial charge < -0.3 is 34.1 Å². The highest BCUT2D eigenvalue weighted by Gasteiger charge is 2.43. The predicted octanol–water partition coefficient (Wildman–Crippen LogP) is -2.41. The molecule has 1 aromatic carbocycles. The number of H-pyrrole nitrogens is 1. The van der Waals surface area contributed by atoms with E-state index in [9.17, 15) is 15.0 Å². The van der Waals surface area contributed by atoms with Crippen LogP contribution in [0.3, 0.4) is 0 Å². The van der Waals surface area contributed by atoms with Gasteiger partial charge in [0, 0.05) is 33.6 Å². The molecule has 3 rings (SSSR count). The fourth-order valence-electron chi connectivity index (χ4n) is 3.64. The summed E-state index contributed by atoms with van der Waals surface area (Å²) in [5.74, 6) is 0.0926. The Kier molecular flexibility index (Phi) is 8.84.